The van der Waals surface area contributed by atoms with Gasteiger partial charge in [-0.3, -0.25) is 0 Å². The number of amides is 1. The topological polar surface area (TPSA) is 81.8 Å². The summed E-state index contributed by atoms with van der Waals surface area (Å²) in [5.41, 5.74) is 11.8. The number of benzene rings is 2. The number of nitrogens with zero attached hydrogens (tertiary/aromatic N) is 2. The van der Waals surface area contributed by atoms with E-state index in [9.17, 15) is 4.79 Å². The second kappa shape index (κ2) is 8.10. The van der Waals surface area contributed by atoms with Crippen LogP contribution in [0, 0.1) is 6.92 Å². The van der Waals surface area contributed by atoms with Crippen molar-refractivity contribution < 1.29 is 9.90 Å². The summed E-state index contributed by atoms with van der Waals surface area (Å²) >= 11 is 0. The van der Waals surface area contributed by atoms with Crippen LogP contribution in [-0.2, 0) is 13.1 Å². The third kappa shape index (κ3) is 3.91. The average molecular weight is 354 g/mol. The molecule has 1 aliphatic heterocycles. The van der Waals surface area contributed by atoms with E-state index < -0.39 is 6.09 Å². The molecule has 0 atom stereocenters. The molecule has 0 spiro atoms. The van der Waals surface area contributed by atoms with Crippen LogP contribution in [0.1, 0.15) is 16.7 Å². The molecule has 2 aromatic rings. The minimum absolute atomic E-state index is 0.436. The van der Waals surface area contributed by atoms with Gasteiger partial charge in [-0.15, -0.1) is 0 Å². The van der Waals surface area contributed by atoms with Gasteiger partial charge < -0.3 is 26.0 Å². The Labute approximate surface area is 154 Å². The summed E-state index contributed by atoms with van der Waals surface area (Å²) in [5.74, 6) is 0. The summed E-state index contributed by atoms with van der Waals surface area (Å²) in [7, 11) is 0. The van der Waals surface area contributed by atoms with Crippen LogP contribution in [0.15, 0.2) is 42.5 Å². The zero-order chi connectivity index (χ0) is 18.5. The second-order valence-corrected chi connectivity index (χ2v) is 6.54. The van der Waals surface area contributed by atoms with E-state index in [0.29, 0.717) is 32.7 Å². The van der Waals surface area contributed by atoms with Crippen molar-refractivity contribution in [2.24, 2.45) is 5.73 Å². The fraction of sp³-hybridized carbons (Fsp3) is 0.350. The fourth-order valence-electron chi connectivity index (χ4n) is 3.39. The molecule has 1 heterocycles. The Morgan fingerprint density at radius 1 is 1.12 bits per heavy atom. The Kier molecular flexibility index (Phi) is 5.63. The van der Waals surface area contributed by atoms with E-state index in [1.54, 1.807) is 0 Å². The molecule has 2 aromatic carbocycles. The lowest BCUT2D eigenvalue weighted by atomic mass is 10.1. The number of piperazine rings is 1. The molecular weight excluding hydrogens is 328 g/mol. The Balaban J connectivity index is 1.75. The summed E-state index contributed by atoms with van der Waals surface area (Å²) in [5, 5.41) is 12.6. The highest BCUT2D eigenvalue weighted by Crippen LogP contribution is 2.29. The first-order chi connectivity index (χ1) is 12.6. The highest BCUT2D eigenvalue weighted by molar-refractivity contribution is 5.68. The zero-order valence-electron chi connectivity index (χ0n) is 15.1. The molecule has 0 unspecified atom stereocenters. The maximum Gasteiger partial charge on any atom is 0.407 e. The lowest BCUT2D eigenvalue weighted by Crippen LogP contribution is -2.48. The minimum Gasteiger partial charge on any atom is -0.465 e. The summed E-state index contributed by atoms with van der Waals surface area (Å²) in [4.78, 5) is 14.8. The molecule has 0 radical (unpaired) electrons. The summed E-state index contributed by atoms with van der Waals surface area (Å²) in [6.45, 7) is 5.68. The maximum atomic E-state index is 11.1. The van der Waals surface area contributed by atoms with Crippen molar-refractivity contribution in [1.82, 2.24) is 4.90 Å². The van der Waals surface area contributed by atoms with Crippen LogP contribution in [-0.4, -0.2) is 42.3 Å². The molecule has 0 aromatic heterocycles. The maximum absolute atomic E-state index is 11.1. The Bertz CT molecular complexity index is 770. The first-order valence-corrected chi connectivity index (χ1v) is 8.93. The van der Waals surface area contributed by atoms with Crippen LogP contribution >= 0.6 is 0 Å². The Morgan fingerprint density at radius 2 is 1.85 bits per heavy atom. The predicted octanol–water partition coefficient (Wildman–Crippen LogP) is 2.87. The van der Waals surface area contributed by atoms with Gasteiger partial charge in [-0.2, -0.15) is 0 Å². The van der Waals surface area contributed by atoms with Crippen LogP contribution in [0.5, 0.6) is 0 Å². The third-order valence-electron chi connectivity index (χ3n) is 4.98. The van der Waals surface area contributed by atoms with Gasteiger partial charge in [0.15, 0.2) is 0 Å². The van der Waals surface area contributed by atoms with Gasteiger partial charge in [-0.25, -0.2) is 4.79 Å². The smallest absolute Gasteiger partial charge is 0.407 e. The van der Waals surface area contributed by atoms with Crippen LogP contribution in [0.25, 0.3) is 0 Å². The van der Waals surface area contributed by atoms with Crippen molar-refractivity contribution in [2.45, 2.75) is 20.0 Å². The van der Waals surface area contributed by atoms with E-state index in [2.05, 4.69) is 41.4 Å². The second-order valence-electron chi connectivity index (χ2n) is 6.54. The standard InChI is InChI=1S/C20H26N4O2/c1-15-5-2-3-6-16(15)14-22-18-7-4-8-19(17(18)13-21)23-9-11-24(12-10-23)20(25)26/h2-8,22H,9-14,21H2,1H3,(H,25,26). The number of rotatable bonds is 5. The molecule has 6 nitrogen and oxygen atoms in total. The van der Waals surface area contributed by atoms with Crippen molar-refractivity contribution in [3.8, 4) is 0 Å². The predicted molar refractivity (Wildman–Crippen MR) is 105 cm³/mol. The van der Waals surface area contributed by atoms with Gasteiger partial charge in [-0.05, 0) is 30.2 Å². The number of nitrogens with two attached hydrogens (primary N) is 1. The van der Waals surface area contributed by atoms with Crippen molar-refractivity contribution in [3.05, 3.63) is 59.2 Å². The highest BCUT2D eigenvalue weighted by atomic mass is 16.4. The SMILES string of the molecule is Cc1ccccc1CNc1cccc(N2CCN(C(=O)O)CC2)c1CN. The molecule has 1 aliphatic rings. The van der Waals surface area contributed by atoms with Gasteiger partial charge in [0.1, 0.15) is 0 Å². The third-order valence-corrected chi connectivity index (χ3v) is 4.98. The molecule has 1 saturated heterocycles. The van der Waals surface area contributed by atoms with Gasteiger partial charge >= 0.3 is 6.09 Å². The molecule has 4 N–H and O–H groups in total. The molecule has 1 amide bonds. The van der Waals surface area contributed by atoms with Crippen molar-refractivity contribution >= 4 is 17.5 Å². The number of anilines is 2. The van der Waals surface area contributed by atoms with Gasteiger partial charge in [0.25, 0.3) is 0 Å². The molecule has 3 rings (SSSR count). The van der Waals surface area contributed by atoms with Crippen molar-refractivity contribution in [3.63, 3.8) is 0 Å². The number of hydrogen-bond donors (Lipinski definition) is 3. The van der Waals surface area contributed by atoms with E-state index in [0.717, 1.165) is 23.5 Å². The average Bonchev–Trinajstić information content (AvgIpc) is 2.67. The van der Waals surface area contributed by atoms with E-state index in [-0.39, 0.29) is 0 Å². The van der Waals surface area contributed by atoms with E-state index in [1.807, 2.05) is 18.2 Å². The van der Waals surface area contributed by atoms with E-state index in [1.165, 1.54) is 16.0 Å². The van der Waals surface area contributed by atoms with E-state index >= 15 is 0 Å². The molecule has 26 heavy (non-hydrogen) atoms. The molecule has 0 bridgehead atoms. The zero-order valence-corrected chi connectivity index (χ0v) is 15.1. The minimum atomic E-state index is -0.850. The number of carbonyl (C=O) groups is 1. The normalized spacial score (nSPS) is 14.4. The Hall–Kier alpha value is -2.73. The number of nitrogens with one attached hydrogen (secondary N) is 1. The van der Waals surface area contributed by atoms with Crippen LogP contribution in [0.2, 0.25) is 0 Å². The molecular formula is C20H26N4O2. The molecule has 0 saturated carbocycles. The number of aryl methyl sites for hydroxylation is 1. The summed E-state index contributed by atoms with van der Waals surface area (Å²) < 4.78 is 0. The first kappa shape index (κ1) is 18.1. The fourth-order valence-corrected chi connectivity index (χ4v) is 3.39. The molecule has 0 aliphatic carbocycles. The largest absolute Gasteiger partial charge is 0.465 e. The monoisotopic (exact) mass is 354 g/mol. The van der Waals surface area contributed by atoms with Crippen LogP contribution in [0.3, 0.4) is 0 Å². The summed E-state index contributed by atoms with van der Waals surface area (Å²) in [6.07, 6.45) is -0.850. The number of carboxylic acid groups (broad SMARTS) is 1. The van der Waals surface area contributed by atoms with Gasteiger partial charge in [-0.1, -0.05) is 30.3 Å². The summed E-state index contributed by atoms with van der Waals surface area (Å²) in [6, 6.07) is 14.5. The molecule has 138 valence electrons. The molecule has 1 fully saturated rings. The lowest BCUT2D eigenvalue weighted by molar-refractivity contribution is 0.142. The highest BCUT2D eigenvalue weighted by Gasteiger charge is 2.22. The van der Waals surface area contributed by atoms with Crippen molar-refractivity contribution in [2.75, 3.05) is 36.4 Å². The lowest BCUT2D eigenvalue weighted by Gasteiger charge is -2.36. The van der Waals surface area contributed by atoms with Crippen LogP contribution in [0.4, 0.5) is 16.2 Å². The van der Waals surface area contributed by atoms with Crippen LogP contribution < -0.4 is 16.0 Å². The van der Waals surface area contributed by atoms with Gasteiger partial charge in [0, 0.05) is 56.2 Å². The van der Waals surface area contributed by atoms with E-state index in [4.69, 9.17) is 10.8 Å². The van der Waals surface area contributed by atoms with Gasteiger partial charge in [0.2, 0.25) is 0 Å². The van der Waals surface area contributed by atoms with Gasteiger partial charge in [0.05, 0.1) is 0 Å². The molecule has 6 heteroatoms. The van der Waals surface area contributed by atoms with Crippen molar-refractivity contribution in [1.29, 1.82) is 0 Å². The Morgan fingerprint density at radius 3 is 2.50 bits per heavy atom. The first-order valence-electron chi connectivity index (χ1n) is 8.93. The number of hydrogen-bond acceptors (Lipinski definition) is 4. The quantitative estimate of drug-likeness (QED) is 0.769.